The third-order valence-electron chi connectivity index (χ3n) is 3.86. The highest BCUT2D eigenvalue weighted by atomic mass is 16.5. The third-order valence-corrected chi connectivity index (χ3v) is 3.86. The lowest BCUT2D eigenvalue weighted by atomic mass is 10.1. The molecule has 0 bridgehead atoms. The van der Waals surface area contributed by atoms with Crippen molar-refractivity contribution < 1.29 is 4.74 Å². The van der Waals surface area contributed by atoms with Crippen LogP contribution in [0.4, 0.5) is 0 Å². The second kappa shape index (κ2) is 4.67. The van der Waals surface area contributed by atoms with E-state index in [1.807, 2.05) is 6.07 Å². The Bertz CT molecular complexity index is 369. The number of likely N-dealkylation sites (tertiary alicyclic amines) is 1. The van der Waals surface area contributed by atoms with E-state index in [0.29, 0.717) is 12.1 Å². The summed E-state index contributed by atoms with van der Waals surface area (Å²) in [6.45, 7) is 3.42. The van der Waals surface area contributed by atoms with Crippen LogP contribution in [0.25, 0.3) is 0 Å². The van der Waals surface area contributed by atoms with E-state index in [0.717, 1.165) is 25.3 Å². The van der Waals surface area contributed by atoms with Gasteiger partial charge >= 0.3 is 0 Å². The van der Waals surface area contributed by atoms with E-state index >= 15 is 0 Å². The summed E-state index contributed by atoms with van der Waals surface area (Å²) >= 11 is 0. The number of benzene rings is 1. The van der Waals surface area contributed by atoms with Gasteiger partial charge in [-0.15, -0.1) is 0 Å². The summed E-state index contributed by atoms with van der Waals surface area (Å²) in [5, 5.41) is 3.35. The zero-order valence-electron chi connectivity index (χ0n) is 10.4. The van der Waals surface area contributed by atoms with Gasteiger partial charge in [0, 0.05) is 25.6 Å². The third kappa shape index (κ3) is 2.31. The van der Waals surface area contributed by atoms with Crippen LogP contribution in [0.2, 0.25) is 0 Å². The van der Waals surface area contributed by atoms with Crippen LogP contribution in [0, 0.1) is 0 Å². The average molecular weight is 232 g/mol. The molecule has 2 atom stereocenters. The maximum atomic E-state index is 5.98. The summed E-state index contributed by atoms with van der Waals surface area (Å²) in [6, 6.07) is 9.07. The van der Waals surface area contributed by atoms with E-state index in [1.54, 1.807) is 0 Å². The van der Waals surface area contributed by atoms with Crippen LogP contribution in [-0.4, -0.2) is 43.7 Å². The highest BCUT2D eigenvalue weighted by molar-refractivity contribution is 5.37. The molecule has 2 aliphatic heterocycles. The van der Waals surface area contributed by atoms with Crippen LogP contribution < -0.4 is 10.1 Å². The first-order chi connectivity index (χ1) is 8.35. The van der Waals surface area contributed by atoms with Crippen molar-refractivity contribution in [3.05, 3.63) is 29.8 Å². The Kier molecular flexibility index (Phi) is 3.04. The van der Waals surface area contributed by atoms with Crippen LogP contribution in [-0.2, 0) is 6.42 Å². The molecule has 92 valence electrons. The van der Waals surface area contributed by atoms with Gasteiger partial charge in [0.1, 0.15) is 11.9 Å². The van der Waals surface area contributed by atoms with Crippen molar-refractivity contribution in [3.63, 3.8) is 0 Å². The van der Waals surface area contributed by atoms with Gasteiger partial charge in [-0.3, -0.25) is 4.90 Å². The molecule has 2 aliphatic rings. The summed E-state index contributed by atoms with van der Waals surface area (Å²) in [5.41, 5.74) is 1.36. The number of nitrogens with zero attached hydrogens (tertiary/aromatic N) is 1. The van der Waals surface area contributed by atoms with E-state index in [2.05, 4.69) is 35.5 Å². The van der Waals surface area contributed by atoms with Gasteiger partial charge in [0.2, 0.25) is 0 Å². The van der Waals surface area contributed by atoms with E-state index in [1.165, 1.54) is 18.5 Å². The Hall–Kier alpha value is -1.06. The highest BCUT2D eigenvalue weighted by Gasteiger charge is 2.28. The van der Waals surface area contributed by atoms with Crippen molar-refractivity contribution in [3.8, 4) is 5.75 Å². The van der Waals surface area contributed by atoms with E-state index in [9.17, 15) is 0 Å². The summed E-state index contributed by atoms with van der Waals surface area (Å²) < 4.78 is 5.98. The van der Waals surface area contributed by atoms with Crippen LogP contribution in [0.15, 0.2) is 24.3 Å². The van der Waals surface area contributed by atoms with Gasteiger partial charge in [-0.2, -0.15) is 0 Å². The minimum Gasteiger partial charge on any atom is -0.488 e. The van der Waals surface area contributed by atoms with Gasteiger partial charge in [-0.25, -0.2) is 0 Å². The average Bonchev–Trinajstić information content (AvgIpc) is 2.94. The lowest BCUT2D eigenvalue weighted by molar-refractivity contribution is 0.166. The van der Waals surface area contributed by atoms with Crippen molar-refractivity contribution >= 4 is 0 Å². The molecule has 0 radical (unpaired) electrons. The fraction of sp³-hybridized carbons (Fsp3) is 0.571. The van der Waals surface area contributed by atoms with E-state index < -0.39 is 0 Å². The lowest BCUT2D eigenvalue weighted by Crippen LogP contribution is -2.35. The predicted octanol–water partition coefficient (Wildman–Crippen LogP) is 1.28. The van der Waals surface area contributed by atoms with Crippen molar-refractivity contribution in [2.75, 3.05) is 26.7 Å². The second-order valence-electron chi connectivity index (χ2n) is 5.09. The first-order valence-corrected chi connectivity index (χ1v) is 6.49. The number of fused-ring (bicyclic) bond motifs is 1. The number of hydrogen-bond donors (Lipinski definition) is 1. The number of hydrogen-bond acceptors (Lipinski definition) is 3. The zero-order chi connectivity index (χ0) is 11.7. The smallest absolute Gasteiger partial charge is 0.123 e. The zero-order valence-corrected chi connectivity index (χ0v) is 10.4. The second-order valence-corrected chi connectivity index (χ2v) is 5.09. The van der Waals surface area contributed by atoms with Crippen LogP contribution >= 0.6 is 0 Å². The van der Waals surface area contributed by atoms with Crippen LogP contribution in [0.5, 0.6) is 5.75 Å². The van der Waals surface area contributed by atoms with Gasteiger partial charge in [0.05, 0.1) is 0 Å². The maximum absolute atomic E-state index is 5.98. The first kappa shape index (κ1) is 11.1. The standard InChI is InChI=1S/C14H20N2O/c1-15-12-6-7-16(9-12)10-13-8-11-4-2-3-5-14(11)17-13/h2-5,12-13,15H,6-10H2,1H3. The van der Waals surface area contributed by atoms with Gasteiger partial charge in [0.25, 0.3) is 0 Å². The van der Waals surface area contributed by atoms with Gasteiger partial charge in [-0.1, -0.05) is 18.2 Å². The summed E-state index contributed by atoms with van der Waals surface area (Å²) in [7, 11) is 2.05. The van der Waals surface area contributed by atoms with Crippen molar-refractivity contribution in [2.45, 2.75) is 25.0 Å². The molecule has 1 aromatic carbocycles. The maximum Gasteiger partial charge on any atom is 0.123 e. The molecule has 0 amide bonds. The first-order valence-electron chi connectivity index (χ1n) is 6.49. The summed E-state index contributed by atoms with van der Waals surface area (Å²) in [4.78, 5) is 2.51. The fourth-order valence-electron chi connectivity index (χ4n) is 2.88. The molecular weight excluding hydrogens is 212 g/mol. The minimum atomic E-state index is 0.350. The molecule has 3 nitrogen and oxygen atoms in total. The van der Waals surface area contributed by atoms with Crippen molar-refractivity contribution in [2.24, 2.45) is 0 Å². The molecule has 3 rings (SSSR count). The largest absolute Gasteiger partial charge is 0.488 e. The Balaban J connectivity index is 1.56. The Morgan fingerprint density at radius 3 is 3.06 bits per heavy atom. The molecule has 0 spiro atoms. The SMILES string of the molecule is CNC1CCN(CC2Cc3ccccc3O2)C1. The minimum absolute atomic E-state index is 0.350. The monoisotopic (exact) mass is 232 g/mol. The van der Waals surface area contributed by atoms with Crippen LogP contribution in [0.1, 0.15) is 12.0 Å². The van der Waals surface area contributed by atoms with Gasteiger partial charge in [0.15, 0.2) is 0 Å². The Labute approximate surface area is 103 Å². The molecule has 0 aromatic heterocycles. The van der Waals surface area contributed by atoms with Crippen LogP contribution in [0.3, 0.4) is 0 Å². The lowest BCUT2D eigenvalue weighted by Gasteiger charge is -2.20. The summed E-state index contributed by atoms with van der Waals surface area (Å²) in [5.74, 6) is 1.09. The predicted molar refractivity (Wildman–Crippen MR) is 68.5 cm³/mol. The highest BCUT2D eigenvalue weighted by Crippen LogP contribution is 2.28. The number of ether oxygens (including phenoxy) is 1. The molecular formula is C14H20N2O. The topological polar surface area (TPSA) is 24.5 Å². The Morgan fingerprint density at radius 2 is 2.29 bits per heavy atom. The number of para-hydroxylation sites is 1. The van der Waals surface area contributed by atoms with Gasteiger partial charge < -0.3 is 10.1 Å². The molecule has 1 fully saturated rings. The molecule has 0 saturated carbocycles. The molecule has 1 saturated heterocycles. The van der Waals surface area contributed by atoms with Crippen molar-refractivity contribution in [1.82, 2.24) is 10.2 Å². The number of likely N-dealkylation sites (N-methyl/N-ethyl adjacent to an activating group) is 1. The summed E-state index contributed by atoms with van der Waals surface area (Å²) in [6.07, 6.45) is 2.68. The Morgan fingerprint density at radius 1 is 1.41 bits per heavy atom. The van der Waals surface area contributed by atoms with Crippen molar-refractivity contribution in [1.29, 1.82) is 0 Å². The molecule has 0 aliphatic carbocycles. The fourth-order valence-corrected chi connectivity index (χ4v) is 2.88. The van der Waals surface area contributed by atoms with E-state index in [4.69, 9.17) is 4.74 Å². The van der Waals surface area contributed by atoms with E-state index in [-0.39, 0.29) is 0 Å². The molecule has 2 unspecified atom stereocenters. The molecule has 3 heteroatoms. The molecule has 2 heterocycles. The quantitative estimate of drug-likeness (QED) is 0.850. The number of rotatable bonds is 3. The molecule has 1 N–H and O–H groups in total. The number of nitrogens with one attached hydrogen (secondary N) is 1. The molecule has 17 heavy (non-hydrogen) atoms. The normalized spacial score (nSPS) is 28.1. The van der Waals surface area contributed by atoms with Gasteiger partial charge in [-0.05, 0) is 31.6 Å². The molecule has 1 aromatic rings.